The summed E-state index contributed by atoms with van der Waals surface area (Å²) >= 11 is 0. The highest BCUT2D eigenvalue weighted by molar-refractivity contribution is 6.09. The van der Waals surface area contributed by atoms with Crippen LogP contribution in [0.15, 0.2) is 59.0 Å². The van der Waals surface area contributed by atoms with Gasteiger partial charge in [0.15, 0.2) is 11.5 Å². The fraction of sp³-hybridized carbons (Fsp3) is 0.231. The molecule has 2 aliphatic heterocycles. The fourth-order valence-electron chi connectivity index (χ4n) is 4.59. The highest BCUT2D eigenvalue weighted by Crippen LogP contribution is 2.38. The van der Waals surface area contributed by atoms with Crippen LogP contribution in [-0.4, -0.2) is 38.7 Å². The van der Waals surface area contributed by atoms with Crippen molar-refractivity contribution in [3.63, 3.8) is 0 Å². The molecule has 6 rings (SSSR count). The van der Waals surface area contributed by atoms with Crippen molar-refractivity contribution < 1.29 is 28.2 Å². The first-order valence-electron chi connectivity index (χ1n) is 11.1. The van der Waals surface area contributed by atoms with E-state index in [2.05, 4.69) is 5.32 Å². The molecule has 8 heteroatoms. The van der Waals surface area contributed by atoms with Gasteiger partial charge in [0.05, 0.1) is 18.7 Å². The molecule has 0 bridgehead atoms. The van der Waals surface area contributed by atoms with Crippen molar-refractivity contribution in [3.05, 3.63) is 54.6 Å². The standard InChI is InChI=1S/C26H22N2O6/c1-31-23-12-18-17-4-2-3-5-20(17)34-22(18)13-19(23)27-26(30)15-10-25(29)28(14-15)16-6-7-21-24(11-16)33-9-8-32-21/h2-7,11-13,15H,8-10,14H2,1H3,(H,27,30)/t15-/m1/s1. The third-order valence-corrected chi connectivity index (χ3v) is 6.29. The molecule has 0 spiro atoms. The molecule has 1 fully saturated rings. The maximum absolute atomic E-state index is 13.1. The van der Waals surface area contributed by atoms with E-state index in [-0.39, 0.29) is 24.8 Å². The second kappa shape index (κ2) is 7.98. The van der Waals surface area contributed by atoms with Crippen LogP contribution in [0.4, 0.5) is 11.4 Å². The number of para-hydroxylation sites is 1. The molecule has 0 radical (unpaired) electrons. The van der Waals surface area contributed by atoms with Crippen molar-refractivity contribution in [2.75, 3.05) is 37.1 Å². The van der Waals surface area contributed by atoms with Gasteiger partial charge >= 0.3 is 0 Å². The third kappa shape index (κ3) is 3.39. The summed E-state index contributed by atoms with van der Waals surface area (Å²) in [5.41, 5.74) is 2.60. The summed E-state index contributed by atoms with van der Waals surface area (Å²) in [6, 6.07) is 16.7. The van der Waals surface area contributed by atoms with Gasteiger partial charge in [-0.2, -0.15) is 0 Å². The molecule has 3 heterocycles. The lowest BCUT2D eigenvalue weighted by molar-refractivity contribution is -0.122. The number of hydrogen-bond donors (Lipinski definition) is 1. The molecule has 2 aliphatic rings. The van der Waals surface area contributed by atoms with Crippen LogP contribution >= 0.6 is 0 Å². The van der Waals surface area contributed by atoms with Gasteiger partial charge in [-0.3, -0.25) is 9.59 Å². The number of anilines is 2. The van der Waals surface area contributed by atoms with Crippen molar-refractivity contribution >= 4 is 45.1 Å². The Morgan fingerprint density at radius 3 is 2.68 bits per heavy atom. The zero-order valence-electron chi connectivity index (χ0n) is 18.5. The topological polar surface area (TPSA) is 90.2 Å². The fourth-order valence-corrected chi connectivity index (χ4v) is 4.59. The SMILES string of the molecule is COc1cc2c(cc1NC(=O)[C@@H]1CC(=O)N(c3ccc4c(c3)OCCO4)C1)oc1ccccc12. The highest BCUT2D eigenvalue weighted by atomic mass is 16.6. The molecule has 0 aliphatic carbocycles. The summed E-state index contributed by atoms with van der Waals surface area (Å²) in [7, 11) is 1.56. The van der Waals surface area contributed by atoms with E-state index in [0.29, 0.717) is 47.4 Å². The summed E-state index contributed by atoms with van der Waals surface area (Å²) in [5.74, 6) is 0.924. The summed E-state index contributed by atoms with van der Waals surface area (Å²) in [4.78, 5) is 27.5. The van der Waals surface area contributed by atoms with Gasteiger partial charge in [0, 0.05) is 41.6 Å². The summed E-state index contributed by atoms with van der Waals surface area (Å²) in [6.07, 6.45) is 0.121. The number of furan rings is 1. The van der Waals surface area contributed by atoms with Crippen LogP contribution in [0.3, 0.4) is 0 Å². The van der Waals surface area contributed by atoms with E-state index in [9.17, 15) is 9.59 Å². The lowest BCUT2D eigenvalue weighted by Gasteiger charge is -2.22. The zero-order valence-corrected chi connectivity index (χ0v) is 18.5. The minimum Gasteiger partial charge on any atom is -0.495 e. The Bertz CT molecular complexity index is 1440. The Labute approximate surface area is 195 Å². The predicted molar refractivity (Wildman–Crippen MR) is 127 cm³/mol. The number of rotatable bonds is 4. The number of amides is 2. The van der Waals surface area contributed by atoms with Crippen LogP contribution in [-0.2, 0) is 9.59 Å². The number of nitrogens with one attached hydrogen (secondary N) is 1. The van der Waals surface area contributed by atoms with Crippen molar-refractivity contribution in [2.45, 2.75) is 6.42 Å². The van der Waals surface area contributed by atoms with E-state index >= 15 is 0 Å². The molecule has 1 N–H and O–H groups in total. The monoisotopic (exact) mass is 458 g/mol. The van der Waals surface area contributed by atoms with Crippen molar-refractivity contribution in [3.8, 4) is 17.2 Å². The van der Waals surface area contributed by atoms with Crippen LogP contribution in [0.25, 0.3) is 21.9 Å². The average Bonchev–Trinajstić information content (AvgIpc) is 3.43. The van der Waals surface area contributed by atoms with Crippen LogP contribution in [0.5, 0.6) is 17.2 Å². The Morgan fingerprint density at radius 2 is 1.82 bits per heavy atom. The van der Waals surface area contributed by atoms with Gasteiger partial charge in [-0.15, -0.1) is 0 Å². The largest absolute Gasteiger partial charge is 0.495 e. The number of benzene rings is 3. The van der Waals surface area contributed by atoms with Crippen molar-refractivity contribution in [1.29, 1.82) is 0 Å². The quantitative estimate of drug-likeness (QED) is 0.489. The van der Waals surface area contributed by atoms with Crippen molar-refractivity contribution in [2.24, 2.45) is 5.92 Å². The predicted octanol–water partition coefficient (Wildman–Crippen LogP) is 4.36. The maximum atomic E-state index is 13.1. The molecule has 34 heavy (non-hydrogen) atoms. The van der Waals surface area contributed by atoms with E-state index in [0.717, 1.165) is 16.4 Å². The Kier molecular flexibility index (Phi) is 4.79. The first-order chi connectivity index (χ1) is 16.6. The first kappa shape index (κ1) is 20.4. The molecule has 1 atom stereocenters. The van der Waals surface area contributed by atoms with Gasteiger partial charge in [-0.05, 0) is 24.3 Å². The second-order valence-electron chi connectivity index (χ2n) is 8.37. The van der Waals surface area contributed by atoms with E-state index in [1.165, 1.54) is 0 Å². The lowest BCUT2D eigenvalue weighted by atomic mass is 10.1. The average molecular weight is 458 g/mol. The minimum absolute atomic E-state index is 0.114. The molecule has 8 nitrogen and oxygen atoms in total. The van der Waals surface area contributed by atoms with E-state index in [1.807, 2.05) is 36.4 Å². The molecule has 0 unspecified atom stereocenters. The molecule has 1 saturated heterocycles. The molecular formula is C26H22N2O6. The molecule has 4 aromatic rings. The third-order valence-electron chi connectivity index (χ3n) is 6.29. The zero-order chi connectivity index (χ0) is 23.2. The van der Waals surface area contributed by atoms with Gasteiger partial charge < -0.3 is 28.8 Å². The van der Waals surface area contributed by atoms with Gasteiger partial charge in [0.2, 0.25) is 11.8 Å². The number of fused-ring (bicyclic) bond motifs is 4. The Balaban J connectivity index is 1.24. The van der Waals surface area contributed by atoms with E-state index in [1.54, 1.807) is 30.2 Å². The lowest BCUT2D eigenvalue weighted by Crippen LogP contribution is -2.28. The Hall–Kier alpha value is -4.20. The first-order valence-corrected chi connectivity index (χ1v) is 11.1. The minimum atomic E-state index is -0.503. The van der Waals surface area contributed by atoms with Gasteiger partial charge in [0.1, 0.15) is 30.1 Å². The van der Waals surface area contributed by atoms with E-state index < -0.39 is 5.92 Å². The van der Waals surface area contributed by atoms with Gasteiger partial charge in [0.25, 0.3) is 0 Å². The number of carbonyl (C=O) groups is 2. The van der Waals surface area contributed by atoms with Gasteiger partial charge in [-0.25, -0.2) is 0 Å². The van der Waals surface area contributed by atoms with Crippen LogP contribution < -0.4 is 24.4 Å². The van der Waals surface area contributed by atoms with Crippen LogP contribution in [0.2, 0.25) is 0 Å². The smallest absolute Gasteiger partial charge is 0.229 e. The number of hydrogen-bond acceptors (Lipinski definition) is 6. The molecule has 1 aromatic heterocycles. The highest BCUT2D eigenvalue weighted by Gasteiger charge is 2.36. The molecule has 3 aromatic carbocycles. The Morgan fingerprint density at radius 1 is 1.00 bits per heavy atom. The maximum Gasteiger partial charge on any atom is 0.229 e. The number of carbonyl (C=O) groups excluding carboxylic acids is 2. The summed E-state index contributed by atoms with van der Waals surface area (Å²) in [5, 5.41) is 4.82. The van der Waals surface area contributed by atoms with Crippen molar-refractivity contribution in [1.82, 2.24) is 0 Å². The van der Waals surface area contributed by atoms with E-state index in [4.69, 9.17) is 18.6 Å². The van der Waals surface area contributed by atoms with Crippen LogP contribution in [0.1, 0.15) is 6.42 Å². The number of methoxy groups -OCH3 is 1. The molecular weight excluding hydrogens is 436 g/mol. The summed E-state index contributed by atoms with van der Waals surface area (Å²) in [6.45, 7) is 1.24. The number of ether oxygens (including phenoxy) is 3. The molecule has 172 valence electrons. The second-order valence-corrected chi connectivity index (χ2v) is 8.37. The van der Waals surface area contributed by atoms with Gasteiger partial charge in [-0.1, -0.05) is 18.2 Å². The molecule has 0 saturated carbocycles. The molecule has 2 amide bonds. The normalized spacial score (nSPS) is 17.4. The summed E-state index contributed by atoms with van der Waals surface area (Å²) < 4.78 is 22.7. The number of nitrogens with zero attached hydrogens (tertiary/aromatic N) is 1. The van der Waals surface area contributed by atoms with Crippen LogP contribution in [0, 0.1) is 5.92 Å².